The second kappa shape index (κ2) is 8.47. The van der Waals surface area contributed by atoms with Crippen LogP contribution < -0.4 is 10.6 Å². The number of benzene rings is 2. The smallest absolute Gasteiger partial charge is 0.274 e. The topological polar surface area (TPSA) is 84.0 Å². The fraction of sp³-hybridized carbons (Fsp3) is 0.172. The van der Waals surface area contributed by atoms with E-state index < -0.39 is 0 Å². The predicted molar refractivity (Wildman–Crippen MR) is 135 cm³/mol. The lowest BCUT2D eigenvalue weighted by atomic mass is 9.75. The number of carbonyl (C=O) groups is 2. The third-order valence-electron chi connectivity index (χ3n) is 7.19. The highest BCUT2D eigenvalue weighted by Crippen LogP contribution is 2.56. The highest BCUT2D eigenvalue weighted by atomic mass is 16.2. The number of amides is 2. The summed E-state index contributed by atoms with van der Waals surface area (Å²) in [4.78, 5) is 34.4. The van der Waals surface area contributed by atoms with Gasteiger partial charge in [0.1, 0.15) is 11.4 Å². The second-order valence-corrected chi connectivity index (χ2v) is 9.10. The SMILES string of the molecule is O=C(Nc1cccc2c1C1(CC2)CCc2cccc(NC(=O)c3ccccn3)c21)c1ccccn1. The molecule has 0 aliphatic heterocycles. The normalized spacial score (nSPS) is 14.9. The van der Waals surface area contributed by atoms with Crippen molar-refractivity contribution in [3.05, 3.63) is 119 Å². The molecule has 6 rings (SSSR count). The molecule has 4 aromatic rings. The highest BCUT2D eigenvalue weighted by molar-refractivity contribution is 6.05. The molecule has 2 aliphatic rings. The van der Waals surface area contributed by atoms with Gasteiger partial charge in [0.25, 0.3) is 11.8 Å². The quantitative estimate of drug-likeness (QED) is 0.441. The average molecular weight is 461 g/mol. The number of aryl methyl sites for hydroxylation is 2. The molecule has 1 spiro atoms. The lowest BCUT2D eigenvalue weighted by molar-refractivity contribution is 0.101. The summed E-state index contributed by atoms with van der Waals surface area (Å²) in [6.45, 7) is 0. The van der Waals surface area contributed by atoms with Gasteiger partial charge in [-0.25, -0.2) is 0 Å². The number of rotatable bonds is 4. The van der Waals surface area contributed by atoms with E-state index in [1.165, 1.54) is 11.1 Å². The van der Waals surface area contributed by atoms with Crippen molar-refractivity contribution in [2.45, 2.75) is 31.1 Å². The van der Waals surface area contributed by atoms with Gasteiger partial charge in [0, 0.05) is 29.2 Å². The number of nitrogens with zero attached hydrogens (tertiary/aromatic N) is 2. The zero-order valence-electron chi connectivity index (χ0n) is 19.1. The molecule has 35 heavy (non-hydrogen) atoms. The van der Waals surface area contributed by atoms with Crippen LogP contribution in [0, 0.1) is 0 Å². The van der Waals surface area contributed by atoms with Gasteiger partial charge in [-0.2, -0.15) is 0 Å². The number of hydrogen-bond donors (Lipinski definition) is 2. The molecule has 0 atom stereocenters. The first kappa shape index (κ1) is 21.2. The van der Waals surface area contributed by atoms with Gasteiger partial charge in [0.2, 0.25) is 0 Å². The minimum Gasteiger partial charge on any atom is -0.320 e. The summed E-state index contributed by atoms with van der Waals surface area (Å²) in [5.74, 6) is -0.452. The van der Waals surface area contributed by atoms with Crippen molar-refractivity contribution < 1.29 is 9.59 Å². The number of carbonyl (C=O) groups excluding carboxylic acids is 2. The molecule has 0 saturated heterocycles. The van der Waals surface area contributed by atoms with Gasteiger partial charge < -0.3 is 10.6 Å². The van der Waals surface area contributed by atoms with Crippen LogP contribution in [0.4, 0.5) is 11.4 Å². The highest BCUT2D eigenvalue weighted by Gasteiger charge is 2.47. The fourth-order valence-electron chi connectivity index (χ4n) is 5.77. The van der Waals surface area contributed by atoms with Crippen LogP contribution in [0.1, 0.15) is 56.1 Å². The van der Waals surface area contributed by atoms with Crippen molar-refractivity contribution >= 4 is 23.2 Å². The van der Waals surface area contributed by atoms with Gasteiger partial charge in [0.05, 0.1) is 0 Å². The molecule has 2 aromatic heterocycles. The number of aromatic nitrogens is 2. The zero-order chi connectivity index (χ0) is 23.8. The number of anilines is 2. The Morgan fingerprint density at radius 2 is 1.11 bits per heavy atom. The Bertz CT molecular complexity index is 1320. The second-order valence-electron chi connectivity index (χ2n) is 9.10. The molecule has 2 aromatic carbocycles. The maximum atomic E-state index is 13.0. The molecule has 2 N–H and O–H groups in total. The molecule has 2 amide bonds. The third-order valence-corrected chi connectivity index (χ3v) is 7.19. The summed E-state index contributed by atoms with van der Waals surface area (Å²) < 4.78 is 0. The van der Waals surface area contributed by atoms with Gasteiger partial charge in [-0.1, -0.05) is 36.4 Å². The number of fused-ring (bicyclic) bond motifs is 4. The van der Waals surface area contributed by atoms with Crippen LogP contribution in [0.15, 0.2) is 85.2 Å². The van der Waals surface area contributed by atoms with Crippen LogP contribution in [0.25, 0.3) is 0 Å². The third kappa shape index (κ3) is 3.58. The molecule has 0 radical (unpaired) electrons. The number of pyridine rings is 2. The Kier molecular flexibility index (Phi) is 5.14. The van der Waals surface area contributed by atoms with E-state index in [0.29, 0.717) is 11.4 Å². The Labute approximate surface area is 203 Å². The van der Waals surface area contributed by atoms with Crippen molar-refractivity contribution in [2.75, 3.05) is 10.6 Å². The molecular formula is C29H24N4O2. The van der Waals surface area contributed by atoms with Gasteiger partial charge in [-0.3, -0.25) is 19.6 Å². The van der Waals surface area contributed by atoms with Gasteiger partial charge in [-0.05, 0) is 84.3 Å². The molecule has 6 heteroatoms. The van der Waals surface area contributed by atoms with E-state index >= 15 is 0 Å². The molecule has 0 saturated carbocycles. The van der Waals surface area contributed by atoms with E-state index in [9.17, 15) is 9.59 Å². The van der Waals surface area contributed by atoms with Crippen molar-refractivity contribution in [1.29, 1.82) is 0 Å². The molecule has 0 bridgehead atoms. The zero-order valence-corrected chi connectivity index (χ0v) is 19.1. The maximum absolute atomic E-state index is 13.0. The summed E-state index contributed by atoms with van der Waals surface area (Å²) in [6.07, 6.45) is 6.95. The summed E-state index contributed by atoms with van der Waals surface area (Å²) in [5.41, 5.74) is 6.91. The lowest BCUT2D eigenvalue weighted by Gasteiger charge is -2.30. The average Bonchev–Trinajstić information content (AvgIpc) is 3.48. The first-order chi connectivity index (χ1) is 17.2. The predicted octanol–water partition coefficient (Wildman–Crippen LogP) is 5.16. The van der Waals surface area contributed by atoms with Gasteiger partial charge >= 0.3 is 0 Å². The fourth-order valence-corrected chi connectivity index (χ4v) is 5.77. The van der Waals surface area contributed by atoms with Crippen molar-refractivity contribution in [3.63, 3.8) is 0 Å². The van der Waals surface area contributed by atoms with Crippen LogP contribution in [-0.4, -0.2) is 21.8 Å². The minimum absolute atomic E-state index is 0.226. The standard InChI is InChI=1S/C29H24N4O2/c34-27(23-9-1-3-17-30-23)32-21-11-5-7-19-13-15-29(25(19)21)16-14-20-8-6-12-22(26(20)29)33-28(35)24-10-2-4-18-31-24/h1-12,17-18H,13-16H2,(H,32,34)(H,33,35). The van der Waals surface area contributed by atoms with Crippen molar-refractivity contribution in [3.8, 4) is 0 Å². The van der Waals surface area contributed by atoms with E-state index in [1.807, 2.05) is 36.4 Å². The van der Waals surface area contributed by atoms with E-state index in [-0.39, 0.29) is 17.2 Å². The Morgan fingerprint density at radius 1 is 0.629 bits per heavy atom. The first-order valence-corrected chi connectivity index (χ1v) is 11.9. The Morgan fingerprint density at radius 3 is 1.54 bits per heavy atom. The summed E-state index contributed by atoms with van der Waals surface area (Å²) in [5, 5.41) is 6.26. The van der Waals surface area contributed by atoms with E-state index in [1.54, 1.807) is 36.7 Å². The number of nitrogens with one attached hydrogen (secondary N) is 2. The van der Waals surface area contributed by atoms with Crippen LogP contribution in [0.3, 0.4) is 0 Å². The molecule has 172 valence electrons. The molecule has 6 nitrogen and oxygen atoms in total. The van der Waals surface area contributed by atoms with E-state index in [4.69, 9.17) is 0 Å². The van der Waals surface area contributed by atoms with Gasteiger partial charge in [-0.15, -0.1) is 0 Å². The molecule has 2 aliphatic carbocycles. The van der Waals surface area contributed by atoms with Crippen molar-refractivity contribution in [2.24, 2.45) is 0 Å². The van der Waals surface area contributed by atoms with Crippen LogP contribution in [0.5, 0.6) is 0 Å². The molecule has 2 heterocycles. The Hall–Kier alpha value is -4.32. The van der Waals surface area contributed by atoms with Crippen LogP contribution in [-0.2, 0) is 18.3 Å². The molecule has 0 unspecified atom stereocenters. The van der Waals surface area contributed by atoms with E-state index in [2.05, 4.69) is 32.7 Å². The molecule has 0 fully saturated rings. The van der Waals surface area contributed by atoms with E-state index in [0.717, 1.165) is 48.2 Å². The monoisotopic (exact) mass is 460 g/mol. The van der Waals surface area contributed by atoms with Crippen LogP contribution >= 0.6 is 0 Å². The summed E-state index contributed by atoms with van der Waals surface area (Å²) in [6, 6.07) is 22.9. The Balaban J connectivity index is 1.41. The van der Waals surface area contributed by atoms with Crippen LogP contribution in [0.2, 0.25) is 0 Å². The van der Waals surface area contributed by atoms with Gasteiger partial charge in [0.15, 0.2) is 0 Å². The maximum Gasteiger partial charge on any atom is 0.274 e. The van der Waals surface area contributed by atoms with Crippen molar-refractivity contribution in [1.82, 2.24) is 9.97 Å². The summed E-state index contributed by atoms with van der Waals surface area (Å²) >= 11 is 0. The molecular weight excluding hydrogens is 436 g/mol. The minimum atomic E-state index is -0.271. The largest absolute Gasteiger partial charge is 0.320 e. The first-order valence-electron chi connectivity index (χ1n) is 11.9. The summed E-state index contributed by atoms with van der Waals surface area (Å²) in [7, 11) is 0. The lowest BCUT2D eigenvalue weighted by Crippen LogP contribution is -2.26. The number of hydrogen-bond acceptors (Lipinski definition) is 4.